The van der Waals surface area contributed by atoms with E-state index in [-0.39, 0.29) is 6.67 Å². The minimum Gasteiger partial charge on any atom is -0.434 e. The van der Waals surface area contributed by atoms with Crippen LogP contribution < -0.4 is 0 Å². The molecule has 0 radical (unpaired) electrons. The Morgan fingerprint density at radius 2 is 1.69 bits per heavy atom. The number of amides is 2. The summed E-state index contributed by atoms with van der Waals surface area (Å²) >= 11 is 0. The zero-order chi connectivity index (χ0) is 26.0. The number of quaternary nitrogens is 1. The third kappa shape index (κ3) is 7.85. The maximum Gasteiger partial charge on any atom is 0.548 e. The first-order valence-corrected chi connectivity index (χ1v) is 13.0. The summed E-state index contributed by atoms with van der Waals surface area (Å²) in [5.74, 6) is 0. The van der Waals surface area contributed by atoms with Crippen molar-refractivity contribution in [2.45, 2.75) is 64.9 Å². The first-order chi connectivity index (χ1) is 17.2. The van der Waals surface area contributed by atoms with Crippen LogP contribution in [-0.2, 0) is 17.6 Å². The lowest BCUT2D eigenvalue weighted by Crippen LogP contribution is -2.70. The van der Waals surface area contributed by atoms with E-state index in [2.05, 4.69) is 9.88 Å². The normalized spacial score (nSPS) is 16.1. The van der Waals surface area contributed by atoms with Gasteiger partial charge < -0.3 is 9.84 Å². The summed E-state index contributed by atoms with van der Waals surface area (Å²) < 4.78 is 4.90. The number of hydrogen-bond donors (Lipinski definition) is 1. The maximum absolute atomic E-state index is 13.7. The number of ether oxygens (including phenoxy) is 1. The van der Waals surface area contributed by atoms with Crippen molar-refractivity contribution in [1.29, 1.82) is 0 Å². The van der Waals surface area contributed by atoms with Gasteiger partial charge in [0.15, 0.2) is 6.67 Å². The van der Waals surface area contributed by atoms with Crippen LogP contribution in [-0.4, -0.2) is 75.2 Å². The molecule has 2 heterocycles. The van der Waals surface area contributed by atoms with Gasteiger partial charge >= 0.3 is 12.2 Å². The summed E-state index contributed by atoms with van der Waals surface area (Å²) in [4.78, 5) is 33.0. The number of imide groups is 1. The number of pyridine rings is 1. The second kappa shape index (κ2) is 12.9. The van der Waals surface area contributed by atoms with Crippen molar-refractivity contribution >= 4 is 12.2 Å². The first-order valence-electron chi connectivity index (χ1n) is 13.0. The van der Waals surface area contributed by atoms with Gasteiger partial charge in [-0.1, -0.05) is 36.4 Å². The third-order valence-electron chi connectivity index (χ3n) is 6.45. The molecule has 1 aliphatic heterocycles. The Morgan fingerprint density at radius 3 is 2.31 bits per heavy atom. The summed E-state index contributed by atoms with van der Waals surface area (Å²) in [7, 11) is 0. The van der Waals surface area contributed by atoms with Gasteiger partial charge in [-0.15, -0.1) is 5.01 Å². The summed E-state index contributed by atoms with van der Waals surface area (Å²) in [5.41, 5.74) is 1.45. The zero-order valence-corrected chi connectivity index (χ0v) is 21.9. The molecule has 196 valence electrons. The molecule has 1 aromatic carbocycles. The number of benzene rings is 1. The average molecular weight is 498 g/mol. The van der Waals surface area contributed by atoms with Crippen LogP contribution >= 0.6 is 0 Å². The highest BCUT2D eigenvalue weighted by atomic mass is 16.6. The van der Waals surface area contributed by atoms with Crippen LogP contribution in [0.15, 0.2) is 54.9 Å². The Hall–Kier alpha value is -2.81. The molecule has 1 N–H and O–H groups in total. The molecule has 1 saturated heterocycles. The SMILES string of the molecule is CC(C)(C)OC(=O)[N+](CN1CCCC1)(C(=O)O)N(CCCCc1cccnc1)CCc1ccccc1. The second-order valence-corrected chi connectivity index (χ2v) is 10.5. The molecule has 1 aromatic heterocycles. The topological polar surface area (TPSA) is 83.0 Å². The molecular weight excluding hydrogens is 456 g/mol. The number of rotatable bonds is 11. The van der Waals surface area contributed by atoms with E-state index < -0.39 is 22.4 Å². The van der Waals surface area contributed by atoms with E-state index in [0.29, 0.717) is 19.5 Å². The van der Waals surface area contributed by atoms with E-state index in [1.165, 1.54) is 0 Å². The van der Waals surface area contributed by atoms with Crippen LogP contribution in [0.2, 0.25) is 0 Å². The van der Waals surface area contributed by atoms with E-state index >= 15 is 0 Å². The molecule has 1 unspecified atom stereocenters. The molecule has 0 saturated carbocycles. The van der Waals surface area contributed by atoms with Crippen molar-refractivity contribution in [1.82, 2.24) is 14.9 Å². The fraction of sp³-hybridized carbons (Fsp3) is 0.536. The number of unbranched alkanes of at least 4 members (excludes halogenated alkanes) is 1. The second-order valence-electron chi connectivity index (χ2n) is 10.5. The van der Waals surface area contributed by atoms with E-state index in [1.54, 1.807) is 27.0 Å². The van der Waals surface area contributed by atoms with Gasteiger partial charge in [-0.2, -0.15) is 9.59 Å². The van der Waals surface area contributed by atoms with Gasteiger partial charge in [-0.25, -0.2) is 0 Å². The molecule has 0 aliphatic carbocycles. The van der Waals surface area contributed by atoms with Crippen LogP contribution in [0.4, 0.5) is 9.59 Å². The predicted molar refractivity (Wildman–Crippen MR) is 139 cm³/mol. The number of aryl methyl sites for hydroxylation is 1. The van der Waals surface area contributed by atoms with Crippen molar-refractivity contribution in [3.63, 3.8) is 0 Å². The smallest absolute Gasteiger partial charge is 0.434 e. The summed E-state index contributed by atoms with van der Waals surface area (Å²) in [6.45, 7) is 7.86. The van der Waals surface area contributed by atoms with Crippen LogP contribution in [0.1, 0.15) is 57.6 Å². The number of nitrogens with zero attached hydrogens (tertiary/aromatic N) is 4. The van der Waals surface area contributed by atoms with Crippen LogP contribution in [0.3, 0.4) is 0 Å². The number of likely N-dealkylation sites (tertiary alicyclic amines) is 1. The molecule has 0 spiro atoms. The number of carbonyl (C=O) groups excluding carboxylic acids is 1. The quantitative estimate of drug-likeness (QED) is 0.255. The van der Waals surface area contributed by atoms with Gasteiger partial charge in [0.2, 0.25) is 0 Å². The number of aromatic nitrogens is 1. The third-order valence-corrected chi connectivity index (χ3v) is 6.45. The van der Waals surface area contributed by atoms with Gasteiger partial charge in [0.05, 0.1) is 6.54 Å². The Kier molecular flexibility index (Phi) is 9.98. The highest BCUT2D eigenvalue weighted by Crippen LogP contribution is 2.25. The highest BCUT2D eigenvalue weighted by Gasteiger charge is 2.55. The van der Waals surface area contributed by atoms with Crippen LogP contribution in [0, 0.1) is 0 Å². The minimum atomic E-state index is -1.20. The predicted octanol–water partition coefficient (Wildman–Crippen LogP) is 5.35. The molecule has 36 heavy (non-hydrogen) atoms. The molecule has 0 bridgehead atoms. The lowest BCUT2D eigenvalue weighted by Gasteiger charge is -2.40. The Balaban J connectivity index is 1.87. The summed E-state index contributed by atoms with van der Waals surface area (Å²) in [6.07, 6.45) is 6.80. The lowest BCUT2D eigenvalue weighted by molar-refractivity contribution is -0.917. The molecule has 1 aliphatic rings. The monoisotopic (exact) mass is 497 g/mol. The lowest BCUT2D eigenvalue weighted by atomic mass is 10.1. The molecule has 3 rings (SSSR count). The summed E-state index contributed by atoms with van der Waals surface area (Å²) in [6, 6.07) is 14.0. The molecule has 1 atom stereocenters. The number of carbonyl (C=O) groups is 2. The molecular formula is C28H41N4O4+. The molecule has 1 fully saturated rings. The van der Waals surface area contributed by atoms with E-state index in [9.17, 15) is 14.7 Å². The highest BCUT2D eigenvalue weighted by molar-refractivity contribution is 5.74. The van der Waals surface area contributed by atoms with Crippen molar-refractivity contribution in [3.05, 3.63) is 66.0 Å². The number of carboxylic acid groups (broad SMARTS) is 1. The van der Waals surface area contributed by atoms with Crippen molar-refractivity contribution in [2.75, 3.05) is 32.8 Å². The summed E-state index contributed by atoms with van der Waals surface area (Å²) in [5, 5.41) is 12.5. The first kappa shape index (κ1) is 27.8. The Bertz CT molecular complexity index is 959. The molecule has 2 amide bonds. The minimum absolute atomic E-state index is 0.0711. The van der Waals surface area contributed by atoms with Gasteiger partial charge in [-0.3, -0.25) is 9.88 Å². The number of hydrogen-bond acceptors (Lipinski definition) is 6. The fourth-order valence-corrected chi connectivity index (χ4v) is 4.60. The Labute approximate surface area is 215 Å². The standard InChI is InChI=1S/C28H40N4O4/c1-28(2,3)36-27(35)32(26(33)34,23-30-18-9-10-19-30)31(21-16-24-12-5-4-6-13-24)20-8-7-14-25-15-11-17-29-22-25/h4-6,11-13,15,17,22H,7-10,14,16,18-21,23H2,1-3H3/p+1. The zero-order valence-electron chi connectivity index (χ0n) is 21.9. The molecule has 8 nitrogen and oxygen atoms in total. The van der Waals surface area contributed by atoms with E-state index in [4.69, 9.17) is 4.74 Å². The van der Waals surface area contributed by atoms with Crippen LogP contribution in [0.25, 0.3) is 0 Å². The molecule has 2 aromatic rings. The van der Waals surface area contributed by atoms with Gasteiger partial charge in [0.1, 0.15) is 5.60 Å². The van der Waals surface area contributed by atoms with Crippen molar-refractivity contribution in [2.24, 2.45) is 0 Å². The average Bonchev–Trinajstić information content (AvgIpc) is 3.35. The van der Waals surface area contributed by atoms with Gasteiger partial charge in [0.25, 0.3) is 0 Å². The largest absolute Gasteiger partial charge is 0.548 e. The maximum atomic E-state index is 13.7. The van der Waals surface area contributed by atoms with Gasteiger partial charge in [0, 0.05) is 32.0 Å². The van der Waals surface area contributed by atoms with Gasteiger partial charge in [-0.05, 0) is 81.1 Å². The van der Waals surface area contributed by atoms with E-state index in [1.807, 2.05) is 53.7 Å². The van der Waals surface area contributed by atoms with Crippen LogP contribution in [0.5, 0.6) is 0 Å². The van der Waals surface area contributed by atoms with Crippen molar-refractivity contribution < 1.29 is 24.0 Å². The van der Waals surface area contributed by atoms with E-state index in [0.717, 1.165) is 56.3 Å². The molecule has 8 heteroatoms. The van der Waals surface area contributed by atoms with Crippen molar-refractivity contribution in [3.8, 4) is 0 Å². The fourth-order valence-electron chi connectivity index (χ4n) is 4.60. The Morgan fingerprint density at radius 1 is 1.00 bits per heavy atom.